The molecule has 5 nitrogen and oxygen atoms in total. The number of nitrogens with zero attached hydrogens (tertiary/aromatic N) is 2. The lowest BCUT2D eigenvalue weighted by Gasteiger charge is -2.21. The largest absolute Gasteiger partial charge is 0.461 e. The number of aryl methyl sites for hydroxylation is 2. The van der Waals surface area contributed by atoms with E-state index in [1.807, 2.05) is 13.0 Å². The van der Waals surface area contributed by atoms with Gasteiger partial charge < -0.3 is 14.3 Å². The molecule has 0 aromatic carbocycles. The molecule has 0 radical (unpaired) electrons. The van der Waals surface area contributed by atoms with Gasteiger partial charge in [-0.15, -0.1) is 0 Å². The van der Waals surface area contributed by atoms with E-state index in [4.69, 9.17) is 8.94 Å². The van der Waals surface area contributed by atoms with Crippen LogP contribution in [0.2, 0.25) is 0 Å². The Morgan fingerprint density at radius 1 is 1.37 bits per heavy atom. The zero-order chi connectivity index (χ0) is 13.1. The van der Waals surface area contributed by atoms with Crippen LogP contribution in [0, 0.1) is 12.8 Å². The number of aromatic nitrogens is 2. The molecule has 3 heterocycles. The second-order valence-electron chi connectivity index (χ2n) is 5.18. The summed E-state index contributed by atoms with van der Waals surface area (Å²) in [5.41, 5.74) is 1.03. The first-order valence-corrected chi connectivity index (χ1v) is 6.90. The molecular formula is C14H19N3O2. The van der Waals surface area contributed by atoms with Crippen molar-refractivity contribution in [3.05, 3.63) is 23.8 Å². The minimum Gasteiger partial charge on any atom is -0.461 e. The zero-order valence-electron chi connectivity index (χ0n) is 11.2. The lowest BCUT2D eigenvalue weighted by molar-refractivity contribution is 0.324. The maximum Gasteiger partial charge on any atom is 0.238 e. The molecule has 2 aromatic heterocycles. The number of hydrogen-bond acceptors (Lipinski definition) is 5. The third kappa shape index (κ3) is 2.87. The highest BCUT2D eigenvalue weighted by Gasteiger charge is 2.17. The molecule has 102 valence electrons. The van der Waals surface area contributed by atoms with E-state index >= 15 is 0 Å². The van der Waals surface area contributed by atoms with Crippen LogP contribution >= 0.6 is 0 Å². The van der Waals surface area contributed by atoms with Crippen LogP contribution < -0.4 is 5.32 Å². The van der Waals surface area contributed by atoms with E-state index in [0.29, 0.717) is 17.5 Å². The SMILES string of the molecule is Cc1ccoc1-c1noc(CCC2CCNCC2)n1. The number of nitrogens with one attached hydrogen (secondary N) is 1. The summed E-state index contributed by atoms with van der Waals surface area (Å²) in [5, 5.41) is 7.37. The summed E-state index contributed by atoms with van der Waals surface area (Å²) in [6.07, 6.45) is 6.13. The first-order valence-electron chi connectivity index (χ1n) is 6.90. The van der Waals surface area contributed by atoms with E-state index < -0.39 is 0 Å². The van der Waals surface area contributed by atoms with Gasteiger partial charge in [-0.25, -0.2) is 0 Å². The van der Waals surface area contributed by atoms with Gasteiger partial charge in [-0.3, -0.25) is 0 Å². The normalized spacial score (nSPS) is 16.9. The molecule has 0 spiro atoms. The molecule has 0 unspecified atom stereocenters. The summed E-state index contributed by atoms with van der Waals surface area (Å²) in [6.45, 7) is 4.24. The van der Waals surface area contributed by atoms with Crippen molar-refractivity contribution in [2.45, 2.75) is 32.6 Å². The van der Waals surface area contributed by atoms with E-state index in [1.54, 1.807) is 6.26 Å². The van der Waals surface area contributed by atoms with Crippen molar-refractivity contribution in [2.75, 3.05) is 13.1 Å². The van der Waals surface area contributed by atoms with Crippen LogP contribution in [0.15, 0.2) is 21.3 Å². The van der Waals surface area contributed by atoms with Gasteiger partial charge in [0.15, 0.2) is 5.76 Å². The van der Waals surface area contributed by atoms with Gasteiger partial charge in [-0.05, 0) is 56.8 Å². The standard InChI is InChI=1S/C14H19N3O2/c1-10-6-9-18-13(10)14-16-12(19-17-14)3-2-11-4-7-15-8-5-11/h6,9,11,15H,2-5,7-8H2,1H3. The molecule has 1 aliphatic heterocycles. The van der Waals surface area contributed by atoms with Gasteiger partial charge in [0.25, 0.3) is 0 Å². The van der Waals surface area contributed by atoms with Crippen LogP contribution in [-0.4, -0.2) is 23.2 Å². The molecule has 3 rings (SSSR count). The van der Waals surface area contributed by atoms with Crippen molar-refractivity contribution in [1.82, 2.24) is 15.5 Å². The van der Waals surface area contributed by atoms with E-state index in [1.165, 1.54) is 12.8 Å². The third-order valence-electron chi connectivity index (χ3n) is 3.76. The molecule has 19 heavy (non-hydrogen) atoms. The van der Waals surface area contributed by atoms with Crippen LogP contribution in [-0.2, 0) is 6.42 Å². The lowest BCUT2D eigenvalue weighted by atomic mass is 9.93. The second kappa shape index (κ2) is 5.57. The number of piperidine rings is 1. The molecule has 2 aromatic rings. The molecule has 0 atom stereocenters. The Labute approximate surface area is 112 Å². The summed E-state index contributed by atoms with van der Waals surface area (Å²) < 4.78 is 10.7. The monoisotopic (exact) mass is 261 g/mol. The Balaban J connectivity index is 1.60. The number of hydrogen-bond donors (Lipinski definition) is 1. The fourth-order valence-electron chi connectivity index (χ4n) is 2.55. The van der Waals surface area contributed by atoms with Crippen LogP contribution in [0.4, 0.5) is 0 Å². The fourth-order valence-corrected chi connectivity index (χ4v) is 2.55. The van der Waals surface area contributed by atoms with Crippen molar-refractivity contribution in [3.63, 3.8) is 0 Å². The van der Waals surface area contributed by atoms with Gasteiger partial charge >= 0.3 is 0 Å². The van der Waals surface area contributed by atoms with Crippen LogP contribution in [0.25, 0.3) is 11.6 Å². The highest BCUT2D eigenvalue weighted by molar-refractivity contribution is 5.50. The Kier molecular flexibility index (Phi) is 3.64. The highest BCUT2D eigenvalue weighted by atomic mass is 16.5. The van der Waals surface area contributed by atoms with Gasteiger partial charge in [0.1, 0.15) is 0 Å². The molecule has 0 saturated carbocycles. The molecule has 0 amide bonds. The van der Waals surface area contributed by atoms with Crippen molar-refractivity contribution < 1.29 is 8.94 Å². The maximum atomic E-state index is 5.36. The van der Waals surface area contributed by atoms with Crippen molar-refractivity contribution in [2.24, 2.45) is 5.92 Å². The van der Waals surface area contributed by atoms with Crippen molar-refractivity contribution in [1.29, 1.82) is 0 Å². The average Bonchev–Trinajstić information content (AvgIpc) is 3.06. The molecule has 1 aliphatic rings. The molecule has 1 fully saturated rings. The summed E-state index contributed by atoms with van der Waals surface area (Å²) in [4.78, 5) is 4.41. The lowest BCUT2D eigenvalue weighted by Crippen LogP contribution is -2.27. The van der Waals surface area contributed by atoms with E-state index in [-0.39, 0.29) is 0 Å². The Bertz CT molecular complexity index is 526. The average molecular weight is 261 g/mol. The second-order valence-corrected chi connectivity index (χ2v) is 5.18. The number of rotatable bonds is 4. The molecule has 0 aliphatic carbocycles. The molecule has 5 heteroatoms. The summed E-state index contributed by atoms with van der Waals surface area (Å²) in [7, 11) is 0. The van der Waals surface area contributed by atoms with E-state index in [9.17, 15) is 0 Å². The predicted molar refractivity (Wildman–Crippen MR) is 70.7 cm³/mol. The van der Waals surface area contributed by atoms with E-state index in [0.717, 1.165) is 37.4 Å². The van der Waals surface area contributed by atoms with Gasteiger partial charge in [0.2, 0.25) is 11.7 Å². The van der Waals surface area contributed by atoms with Gasteiger partial charge in [-0.2, -0.15) is 4.98 Å². The fraction of sp³-hybridized carbons (Fsp3) is 0.571. The van der Waals surface area contributed by atoms with Gasteiger partial charge in [-0.1, -0.05) is 5.16 Å². The number of furan rings is 1. The maximum absolute atomic E-state index is 5.36. The van der Waals surface area contributed by atoms with Crippen LogP contribution in [0.5, 0.6) is 0 Å². The Hall–Kier alpha value is -1.62. The van der Waals surface area contributed by atoms with Gasteiger partial charge in [0.05, 0.1) is 6.26 Å². The predicted octanol–water partition coefficient (Wildman–Crippen LogP) is 2.57. The van der Waals surface area contributed by atoms with E-state index in [2.05, 4.69) is 15.5 Å². The van der Waals surface area contributed by atoms with Crippen LogP contribution in [0.1, 0.15) is 30.7 Å². The Morgan fingerprint density at radius 2 is 2.21 bits per heavy atom. The quantitative estimate of drug-likeness (QED) is 0.916. The van der Waals surface area contributed by atoms with Crippen molar-refractivity contribution >= 4 is 0 Å². The summed E-state index contributed by atoms with van der Waals surface area (Å²) >= 11 is 0. The summed E-state index contributed by atoms with van der Waals surface area (Å²) in [5.74, 6) is 2.76. The smallest absolute Gasteiger partial charge is 0.238 e. The molecule has 1 saturated heterocycles. The Morgan fingerprint density at radius 3 is 2.95 bits per heavy atom. The summed E-state index contributed by atoms with van der Waals surface area (Å²) in [6, 6.07) is 1.90. The van der Waals surface area contributed by atoms with Gasteiger partial charge in [0, 0.05) is 6.42 Å². The zero-order valence-corrected chi connectivity index (χ0v) is 11.2. The first kappa shape index (κ1) is 12.4. The van der Waals surface area contributed by atoms with Crippen molar-refractivity contribution in [3.8, 4) is 11.6 Å². The minimum absolute atomic E-state index is 0.558. The minimum atomic E-state index is 0.558. The third-order valence-corrected chi connectivity index (χ3v) is 3.76. The molecule has 0 bridgehead atoms. The van der Waals surface area contributed by atoms with Crippen LogP contribution in [0.3, 0.4) is 0 Å². The topological polar surface area (TPSA) is 64.1 Å². The first-order chi connectivity index (χ1) is 9.33. The molecule has 1 N–H and O–H groups in total. The highest BCUT2D eigenvalue weighted by Crippen LogP contribution is 2.23. The molecular weight excluding hydrogens is 242 g/mol.